The molecule has 0 bridgehead atoms. The van der Waals surface area contributed by atoms with Crippen LogP contribution in [0.3, 0.4) is 0 Å². The highest BCUT2D eigenvalue weighted by Gasteiger charge is 2.52. The summed E-state index contributed by atoms with van der Waals surface area (Å²) in [5, 5.41) is 5.32. The molecular formula is C17H24N2O3. The number of amides is 2. The first kappa shape index (κ1) is 16.5. The Bertz CT molecular complexity index is 494. The van der Waals surface area contributed by atoms with E-state index in [9.17, 15) is 9.59 Å². The summed E-state index contributed by atoms with van der Waals surface area (Å²) in [5.41, 5.74) is -0.283. The Morgan fingerprint density at radius 1 is 1.14 bits per heavy atom. The molecule has 1 aromatic rings. The molecule has 2 N–H and O–H groups in total. The van der Waals surface area contributed by atoms with Gasteiger partial charge in [0.1, 0.15) is 0 Å². The largest absolute Gasteiger partial charge is 0.377 e. The lowest BCUT2D eigenvalue weighted by molar-refractivity contribution is -0.158. The summed E-state index contributed by atoms with van der Waals surface area (Å²) in [6.45, 7) is 0.592. The minimum Gasteiger partial charge on any atom is -0.377 e. The lowest BCUT2D eigenvalue weighted by atomic mass is 9.72. The summed E-state index contributed by atoms with van der Waals surface area (Å²) in [4.78, 5) is 25.4. The van der Waals surface area contributed by atoms with Gasteiger partial charge >= 0.3 is 0 Å². The summed E-state index contributed by atoms with van der Waals surface area (Å²) in [5.74, 6) is -0.579. The van der Waals surface area contributed by atoms with E-state index in [1.807, 2.05) is 30.3 Å². The Balaban J connectivity index is 2.43. The standard InChI is InChI=1S/C17H24N2O3/c1-18-15(20)17(16(21)19-2,14-10-6-7-11-22-14)12-13-8-4-3-5-9-13/h3-5,8-9,14H,6-7,10-12H2,1-2H3,(H,18,20)(H,19,21). The van der Waals surface area contributed by atoms with Crippen LogP contribution < -0.4 is 10.6 Å². The maximum atomic E-state index is 12.7. The molecule has 1 unspecified atom stereocenters. The summed E-state index contributed by atoms with van der Waals surface area (Å²) in [6, 6.07) is 9.61. The van der Waals surface area contributed by atoms with Crippen LogP contribution in [0.1, 0.15) is 24.8 Å². The van der Waals surface area contributed by atoms with E-state index in [0.717, 1.165) is 18.4 Å². The number of carbonyl (C=O) groups excluding carboxylic acids is 2. The predicted molar refractivity (Wildman–Crippen MR) is 84.3 cm³/mol. The average Bonchev–Trinajstić information content (AvgIpc) is 2.60. The van der Waals surface area contributed by atoms with Crippen molar-refractivity contribution in [1.29, 1.82) is 0 Å². The molecule has 2 rings (SSSR count). The topological polar surface area (TPSA) is 67.4 Å². The zero-order chi connectivity index (χ0) is 16.0. The molecule has 5 nitrogen and oxygen atoms in total. The Morgan fingerprint density at radius 2 is 1.77 bits per heavy atom. The first-order valence-corrected chi connectivity index (χ1v) is 7.75. The monoisotopic (exact) mass is 304 g/mol. The van der Waals surface area contributed by atoms with Crippen molar-refractivity contribution in [3.05, 3.63) is 35.9 Å². The van der Waals surface area contributed by atoms with Crippen molar-refractivity contribution in [2.45, 2.75) is 31.8 Å². The second kappa shape index (κ2) is 7.40. The highest BCUT2D eigenvalue weighted by atomic mass is 16.5. The van der Waals surface area contributed by atoms with Crippen molar-refractivity contribution in [2.24, 2.45) is 5.41 Å². The predicted octanol–water partition coefficient (Wildman–Crippen LogP) is 1.28. The summed E-state index contributed by atoms with van der Waals surface area (Å²) in [7, 11) is 3.13. The van der Waals surface area contributed by atoms with Gasteiger partial charge in [-0.15, -0.1) is 0 Å². The van der Waals surface area contributed by atoms with Gasteiger partial charge < -0.3 is 15.4 Å². The molecule has 1 atom stereocenters. The Morgan fingerprint density at radius 3 is 2.27 bits per heavy atom. The number of nitrogens with one attached hydrogen (secondary N) is 2. The third-order valence-corrected chi connectivity index (χ3v) is 4.32. The van der Waals surface area contributed by atoms with Gasteiger partial charge in [0.05, 0.1) is 6.10 Å². The number of carbonyl (C=O) groups is 2. The molecule has 0 aliphatic carbocycles. The molecule has 1 fully saturated rings. The lowest BCUT2D eigenvalue weighted by Crippen LogP contribution is -2.59. The van der Waals surface area contributed by atoms with Crippen molar-refractivity contribution in [1.82, 2.24) is 10.6 Å². The third kappa shape index (κ3) is 3.14. The van der Waals surface area contributed by atoms with Crippen LogP contribution in [0.5, 0.6) is 0 Å². The summed E-state index contributed by atoms with van der Waals surface area (Å²) >= 11 is 0. The minimum absolute atomic E-state index is 0.289. The maximum Gasteiger partial charge on any atom is 0.238 e. The normalized spacial score (nSPS) is 18.5. The molecule has 1 saturated heterocycles. The Kier molecular flexibility index (Phi) is 5.55. The Labute approximate surface area is 131 Å². The van der Waals surface area contributed by atoms with Gasteiger partial charge in [-0.3, -0.25) is 9.59 Å². The lowest BCUT2D eigenvalue weighted by Gasteiger charge is -2.39. The average molecular weight is 304 g/mol. The van der Waals surface area contributed by atoms with Crippen molar-refractivity contribution in [2.75, 3.05) is 20.7 Å². The molecule has 1 heterocycles. The first-order valence-electron chi connectivity index (χ1n) is 7.75. The van der Waals surface area contributed by atoms with E-state index in [1.165, 1.54) is 0 Å². The number of hydrogen-bond donors (Lipinski definition) is 2. The molecule has 1 aliphatic heterocycles. The van der Waals surface area contributed by atoms with Crippen LogP contribution in [0.25, 0.3) is 0 Å². The van der Waals surface area contributed by atoms with Crippen molar-refractivity contribution in [3.8, 4) is 0 Å². The van der Waals surface area contributed by atoms with Crippen molar-refractivity contribution < 1.29 is 14.3 Å². The quantitative estimate of drug-likeness (QED) is 0.805. The molecule has 0 saturated carbocycles. The van der Waals surface area contributed by atoms with Gasteiger partial charge in [-0.1, -0.05) is 30.3 Å². The van der Waals surface area contributed by atoms with Crippen LogP contribution >= 0.6 is 0 Å². The van der Waals surface area contributed by atoms with Gasteiger partial charge in [0.25, 0.3) is 0 Å². The molecule has 5 heteroatoms. The van der Waals surface area contributed by atoms with Crippen LogP contribution in [-0.2, 0) is 20.7 Å². The second-order valence-corrected chi connectivity index (χ2v) is 5.65. The zero-order valence-corrected chi connectivity index (χ0v) is 13.2. The van der Waals surface area contributed by atoms with Gasteiger partial charge in [0.15, 0.2) is 5.41 Å². The first-order chi connectivity index (χ1) is 10.6. The van der Waals surface area contributed by atoms with Crippen LogP contribution in [-0.4, -0.2) is 38.6 Å². The number of rotatable bonds is 5. The SMILES string of the molecule is CNC(=O)C(Cc1ccccc1)(C(=O)NC)C1CCCCO1. The summed E-state index contributed by atoms with van der Waals surface area (Å²) < 4.78 is 5.84. The van der Waals surface area contributed by atoms with Crippen LogP contribution in [0.4, 0.5) is 0 Å². The molecule has 0 spiro atoms. The highest BCUT2D eigenvalue weighted by Crippen LogP contribution is 2.35. The van der Waals surface area contributed by atoms with E-state index >= 15 is 0 Å². The molecule has 2 amide bonds. The van der Waals surface area contributed by atoms with Gasteiger partial charge in [-0.2, -0.15) is 0 Å². The second-order valence-electron chi connectivity index (χ2n) is 5.65. The molecule has 1 aliphatic rings. The van der Waals surface area contributed by atoms with Gasteiger partial charge in [-0.05, 0) is 31.2 Å². The van der Waals surface area contributed by atoms with Crippen LogP contribution in [0, 0.1) is 5.41 Å². The molecule has 1 aromatic carbocycles. The zero-order valence-electron chi connectivity index (χ0n) is 13.2. The minimum atomic E-state index is -1.23. The Hall–Kier alpha value is -1.88. The fourth-order valence-electron chi connectivity index (χ4n) is 3.16. The number of ether oxygens (including phenoxy) is 1. The molecule has 120 valence electrons. The van der Waals surface area contributed by atoms with E-state index in [-0.39, 0.29) is 11.8 Å². The fourth-order valence-corrected chi connectivity index (χ4v) is 3.16. The maximum absolute atomic E-state index is 12.7. The van der Waals surface area contributed by atoms with E-state index in [2.05, 4.69) is 10.6 Å². The van der Waals surface area contributed by atoms with E-state index in [4.69, 9.17) is 4.74 Å². The van der Waals surface area contributed by atoms with Gasteiger partial charge in [0.2, 0.25) is 11.8 Å². The smallest absolute Gasteiger partial charge is 0.238 e. The summed E-state index contributed by atoms with van der Waals surface area (Å²) in [6.07, 6.45) is 2.58. The fraction of sp³-hybridized carbons (Fsp3) is 0.529. The van der Waals surface area contributed by atoms with Gasteiger partial charge in [0, 0.05) is 20.7 Å². The van der Waals surface area contributed by atoms with Crippen molar-refractivity contribution >= 4 is 11.8 Å². The van der Waals surface area contributed by atoms with E-state index < -0.39 is 11.5 Å². The number of benzene rings is 1. The number of hydrogen-bond acceptors (Lipinski definition) is 3. The van der Waals surface area contributed by atoms with Crippen molar-refractivity contribution in [3.63, 3.8) is 0 Å². The van der Waals surface area contributed by atoms with Gasteiger partial charge in [-0.25, -0.2) is 0 Å². The van der Waals surface area contributed by atoms with E-state index in [1.54, 1.807) is 14.1 Å². The van der Waals surface area contributed by atoms with E-state index in [0.29, 0.717) is 19.4 Å². The molecule has 0 radical (unpaired) electrons. The van der Waals surface area contributed by atoms with Crippen LogP contribution in [0.15, 0.2) is 30.3 Å². The molecule has 0 aromatic heterocycles. The highest BCUT2D eigenvalue weighted by molar-refractivity contribution is 6.06. The molecule has 22 heavy (non-hydrogen) atoms. The third-order valence-electron chi connectivity index (χ3n) is 4.32. The molecular weight excluding hydrogens is 280 g/mol. The van der Waals surface area contributed by atoms with Crippen LogP contribution in [0.2, 0.25) is 0 Å².